The molecule has 2 saturated heterocycles. The quantitative estimate of drug-likeness (QED) is 0.721. The minimum Gasteiger partial charge on any atom is -0.341 e. The Bertz CT molecular complexity index is 739. The van der Waals surface area contributed by atoms with Crippen LogP contribution in [0.4, 0.5) is 0 Å². The van der Waals surface area contributed by atoms with Crippen molar-refractivity contribution < 1.29 is 4.79 Å². The summed E-state index contributed by atoms with van der Waals surface area (Å²) in [7, 11) is 0. The largest absolute Gasteiger partial charge is 0.341 e. The smallest absolute Gasteiger partial charge is 0.267 e. The number of piperazine rings is 1. The van der Waals surface area contributed by atoms with Crippen LogP contribution in [-0.4, -0.2) is 82.7 Å². The third-order valence-corrected chi connectivity index (χ3v) is 6.47. The maximum atomic E-state index is 12.2. The van der Waals surface area contributed by atoms with Gasteiger partial charge in [-0.2, -0.15) is 5.10 Å². The fourth-order valence-electron chi connectivity index (χ4n) is 4.61. The van der Waals surface area contributed by atoms with Gasteiger partial charge in [-0.25, -0.2) is 4.68 Å². The summed E-state index contributed by atoms with van der Waals surface area (Å²) in [5.74, 6) is 0.337. The topological polar surface area (TPSA) is 61.7 Å². The molecule has 1 aliphatic carbocycles. The van der Waals surface area contributed by atoms with Crippen molar-refractivity contribution >= 4 is 5.91 Å². The van der Waals surface area contributed by atoms with Gasteiger partial charge in [0.15, 0.2) is 0 Å². The highest BCUT2D eigenvalue weighted by Gasteiger charge is 2.21. The summed E-state index contributed by atoms with van der Waals surface area (Å²) >= 11 is 0. The molecule has 3 aliphatic rings. The number of carbonyl (C=O) groups excluding carboxylic acids is 1. The zero-order valence-corrected chi connectivity index (χ0v) is 16.9. The second-order valence-electron chi connectivity index (χ2n) is 8.41. The van der Waals surface area contributed by atoms with Crippen molar-refractivity contribution in [1.82, 2.24) is 24.5 Å². The van der Waals surface area contributed by atoms with E-state index in [1.54, 1.807) is 10.7 Å². The molecule has 154 valence electrons. The molecule has 0 spiro atoms. The lowest BCUT2D eigenvalue weighted by atomic mass is 10.2. The van der Waals surface area contributed by atoms with Gasteiger partial charge in [0.2, 0.25) is 5.91 Å². The molecule has 0 saturated carbocycles. The first-order valence-electron chi connectivity index (χ1n) is 11.0. The molecule has 7 heteroatoms. The van der Waals surface area contributed by atoms with Crippen LogP contribution in [0.15, 0.2) is 10.9 Å². The van der Waals surface area contributed by atoms with Crippen LogP contribution < -0.4 is 5.56 Å². The third kappa shape index (κ3) is 4.81. The molecule has 0 radical (unpaired) electrons. The van der Waals surface area contributed by atoms with Crippen molar-refractivity contribution in [3.63, 3.8) is 0 Å². The number of carbonyl (C=O) groups is 1. The standard InChI is InChI=1S/C21H33N5O2/c27-20-7-2-1-3-8-25(20)15-13-23-9-11-24(12-10-23)14-16-26-21(28)17-18-5-4-6-19(18)22-26/h17H,1-16H2. The Balaban J connectivity index is 1.19. The molecule has 0 N–H and O–H groups in total. The van der Waals surface area contributed by atoms with Crippen molar-refractivity contribution in [3.05, 3.63) is 27.7 Å². The Morgan fingerprint density at radius 1 is 0.750 bits per heavy atom. The number of rotatable bonds is 6. The summed E-state index contributed by atoms with van der Waals surface area (Å²) in [6.45, 7) is 8.45. The first-order valence-corrected chi connectivity index (χ1v) is 11.0. The van der Waals surface area contributed by atoms with Crippen molar-refractivity contribution in [2.75, 3.05) is 52.4 Å². The van der Waals surface area contributed by atoms with Gasteiger partial charge in [0.1, 0.15) is 0 Å². The minimum atomic E-state index is 0.0430. The zero-order valence-electron chi connectivity index (χ0n) is 16.9. The average Bonchev–Trinajstić information content (AvgIpc) is 3.05. The van der Waals surface area contributed by atoms with Gasteiger partial charge in [-0.15, -0.1) is 0 Å². The fourth-order valence-corrected chi connectivity index (χ4v) is 4.61. The highest BCUT2D eigenvalue weighted by atomic mass is 16.2. The van der Waals surface area contributed by atoms with E-state index in [2.05, 4.69) is 19.8 Å². The van der Waals surface area contributed by atoms with Gasteiger partial charge < -0.3 is 4.90 Å². The van der Waals surface area contributed by atoms with Crippen LogP contribution in [0.25, 0.3) is 0 Å². The predicted molar refractivity (Wildman–Crippen MR) is 108 cm³/mol. The first kappa shape index (κ1) is 19.6. The number of aromatic nitrogens is 2. The SMILES string of the molecule is O=C1CCCCCN1CCN1CCN(CCn2nc3c(cc2=O)CCC3)CC1. The number of nitrogens with zero attached hydrogens (tertiary/aromatic N) is 5. The number of amides is 1. The van der Waals surface area contributed by atoms with Gasteiger partial charge in [-0.1, -0.05) is 6.42 Å². The summed E-state index contributed by atoms with van der Waals surface area (Å²) < 4.78 is 1.65. The van der Waals surface area contributed by atoms with Crippen LogP contribution in [0.1, 0.15) is 43.4 Å². The molecule has 0 aromatic carbocycles. The molecule has 1 aromatic heterocycles. The molecule has 4 rings (SSSR count). The van der Waals surface area contributed by atoms with E-state index in [0.717, 1.165) is 102 Å². The van der Waals surface area contributed by atoms with Crippen LogP contribution >= 0.6 is 0 Å². The summed E-state index contributed by atoms with van der Waals surface area (Å²) in [4.78, 5) is 31.3. The van der Waals surface area contributed by atoms with Gasteiger partial charge in [0.05, 0.1) is 12.2 Å². The number of hydrogen-bond donors (Lipinski definition) is 0. The number of fused-ring (bicyclic) bond motifs is 1. The molecule has 2 fully saturated rings. The summed E-state index contributed by atoms with van der Waals surface area (Å²) in [6.07, 6.45) is 7.24. The maximum absolute atomic E-state index is 12.2. The van der Waals surface area contributed by atoms with Gasteiger partial charge in [-0.3, -0.25) is 19.4 Å². The van der Waals surface area contributed by atoms with E-state index in [9.17, 15) is 9.59 Å². The van der Waals surface area contributed by atoms with Gasteiger partial charge >= 0.3 is 0 Å². The summed E-state index contributed by atoms with van der Waals surface area (Å²) in [5, 5.41) is 4.58. The van der Waals surface area contributed by atoms with Gasteiger partial charge in [0.25, 0.3) is 5.56 Å². The van der Waals surface area contributed by atoms with Crippen LogP contribution in [0.2, 0.25) is 0 Å². The summed E-state index contributed by atoms with van der Waals surface area (Å²) in [6, 6.07) is 1.79. The average molecular weight is 388 g/mol. The van der Waals surface area contributed by atoms with Crippen molar-refractivity contribution in [2.24, 2.45) is 0 Å². The Hall–Kier alpha value is -1.73. The van der Waals surface area contributed by atoms with Gasteiger partial charge in [-0.05, 0) is 37.7 Å². The lowest BCUT2D eigenvalue weighted by Gasteiger charge is -2.35. The van der Waals surface area contributed by atoms with Crippen molar-refractivity contribution in [1.29, 1.82) is 0 Å². The Morgan fingerprint density at radius 3 is 2.29 bits per heavy atom. The first-order chi connectivity index (χ1) is 13.7. The van der Waals surface area contributed by atoms with Crippen LogP contribution in [-0.2, 0) is 24.2 Å². The van der Waals surface area contributed by atoms with E-state index >= 15 is 0 Å². The maximum Gasteiger partial charge on any atom is 0.267 e. The Kier molecular flexibility index (Phi) is 6.42. The monoisotopic (exact) mass is 387 g/mol. The normalized spacial score (nSPS) is 21.7. The van der Waals surface area contributed by atoms with Gasteiger partial charge in [0, 0.05) is 64.8 Å². The van der Waals surface area contributed by atoms with E-state index < -0.39 is 0 Å². The minimum absolute atomic E-state index is 0.0430. The molecular formula is C21H33N5O2. The number of aryl methyl sites for hydroxylation is 2. The number of likely N-dealkylation sites (tertiary alicyclic amines) is 1. The molecule has 1 aromatic rings. The van der Waals surface area contributed by atoms with E-state index in [1.165, 1.54) is 6.42 Å². The predicted octanol–water partition coefficient (Wildman–Crippen LogP) is 0.752. The van der Waals surface area contributed by atoms with E-state index in [1.807, 2.05) is 0 Å². The van der Waals surface area contributed by atoms with Crippen LogP contribution in [0.3, 0.4) is 0 Å². The van der Waals surface area contributed by atoms with Crippen molar-refractivity contribution in [3.8, 4) is 0 Å². The molecule has 0 atom stereocenters. The van der Waals surface area contributed by atoms with E-state index in [4.69, 9.17) is 0 Å². The van der Waals surface area contributed by atoms with Crippen molar-refractivity contribution in [2.45, 2.75) is 51.5 Å². The molecule has 0 unspecified atom stereocenters. The molecule has 28 heavy (non-hydrogen) atoms. The third-order valence-electron chi connectivity index (χ3n) is 6.47. The lowest BCUT2D eigenvalue weighted by molar-refractivity contribution is -0.130. The Morgan fingerprint density at radius 2 is 1.50 bits per heavy atom. The number of hydrogen-bond acceptors (Lipinski definition) is 5. The van der Waals surface area contributed by atoms with Crippen LogP contribution in [0.5, 0.6) is 0 Å². The molecular weight excluding hydrogens is 354 g/mol. The second-order valence-corrected chi connectivity index (χ2v) is 8.41. The zero-order chi connectivity index (χ0) is 19.3. The lowest BCUT2D eigenvalue weighted by Crippen LogP contribution is -2.49. The Labute approximate surface area is 167 Å². The van der Waals surface area contributed by atoms with Crippen LogP contribution in [0, 0.1) is 0 Å². The molecule has 3 heterocycles. The summed E-state index contributed by atoms with van der Waals surface area (Å²) in [5.41, 5.74) is 2.31. The van der Waals surface area contributed by atoms with E-state index in [-0.39, 0.29) is 5.56 Å². The second kappa shape index (κ2) is 9.18. The highest BCUT2D eigenvalue weighted by molar-refractivity contribution is 5.76. The van der Waals surface area contributed by atoms with E-state index in [0.29, 0.717) is 12.5 Å². The molecule has 7 nitrogen and oxygen atoms in total. The molecule has 1 amide bonds. The molecule has 0 bridgehead atoms. The molecule has 2 aliphatic heterocycles. The fraction of sp³-hybridized carbons (Fsp3) is 0.762. The highest BCUT2D eigenvalue weighted by Crippen LogP contribution is 2.17.